The number of benzene rings is 1. The number of thioether (sulfide) groups is 1. The summed E-state index contributed by atoms with van der Waals surface area (Å²) in [6.07, 6.45) is 0. The minimum atomic E-state index is -0.342. The number of para-hydroxylation sites is 1. The molecular weight excluding hydrogens is 358 g/mol. The summed E-state index contributed by atoms with van der Waals surface area (Å²) in [6, 6.07) is 11.4. The van der Waals surface area contributed by atoms with Crippen molar-refractivity contribution in [2.75, 3.05) is 7.11 Å². The van der Waals surface area contributed by atoms with E-state index in [1.165, 1.54) is 11.8 Å². The Morgan fingerprint density at radius 3 is 2.92 bits per heavy atom. The number of nitrogens with one attached hydrogen (secondary N) is 1. The van der Waals surface area contributed by atoms with Gasteiger partial charge in [-0.1, -0.05) is 30.0 Å². The summed E-state index contributed by atoms with van der Waals surface area (Å²) in [5.41, 5.74) is 0.721. The van der Waals surface area contributed by atoms with Gasteiger partial charge < -0.3 is 14.5 Å². The lowest BCUT2D eigenvalue weighted by Gasteiger charge is -2.08. The summed E-state index contributed by atoms with van der Waals surface area (Å²) in [5, 5.41) is 13.0. The number of nitrogens with zero attached hydrogens (tertiary/aromatic N) is 2. The lowest BCUT2D eigenvalue weighted by Crippen LogP contribution is -2.30. The van der Waals surface area contributed by atoms with E-state index in [9.17, 15) is 4.79 Å². The summed E-state index contributed by atoms with van der Waals surface area (Å²) in [4.78, 5) is 13.3. The first-order chi connectivity index (χ1) is 12.2. The highest BCUT2D eigenvalue weighted by molar-refractivity contribution is 8.00. The number of amides is 1. The van der Waals surface area contributed by atoms with Crippen LogP contribution in [0.15, 0.2) is 51.4 Å². The molecule has 3 rings (SSSR count). The van der Waals surface area contributed by atoms with Gasteiger partial charge in [0.2, 0.25) is 5.91 Å². The number of ether oxygens (including phenoxy) is 1. The predicted molar refractivity (Wildman–Crippen MR) is 97.8 cm³/mol. The summed E-state index contributed by atoms with van der Waals surface area (Å²) in [5.74, 6) is 0.950. The highest BCUT2D eigenvalue weighted by Crippen LogP contribution is 2.31. The lowest BCUT2D eigenvalue weighted by molar-refractivity contribution is -0.120. The number of hydrogen-bond acceptors (Lipinski definition) is 7. The maximum Gasteiger partial charge on any atom is 0.277 e. The van der Waals surface area contributed by atoms with E-state index in [2.05, 4.69) is 15.5 Å². The quantitative estimate of drug-likeness (QED) is 0.636. The average molecular weight is 375 g/mol. The van der Waals surface area contributed by atoms with Crippen LogP contribution in [0.1, 0.15) is 11.8 Å². The Labute approximate surface area is 153 Å². The topological polar surface area (TPSA) is 77.2 Å². The van der Waals surface area contributed by atoms with E-state index < -0.39 is 0 Å². The molecule has 6 nitrogen and oxygen atoms in total. The molecule has 0 saturated heterocycles. The van der Waals surface area contributed by atoms with E-state index >= 15 is 0 Å². The van der Waals surface area contributed by atoms with Crippen LogP contribution in [-0.2, 0) is 11.3 Å². The molecule has 0 aliphatic carbocycles. The molecule has 1 aromatic carbocycles. The second-order valence-corrected chi connectivity index (χ2v) is 7.45. The fourth-order valence-electron chi connectivity index (χ4n) is 2.12. The van der Waals surface area contributed by atoms with Gasteiger partial charge in [0.25, 0.3) is 11.1 Å². The second-order valence-electron chi connectivity index (χ2n) is 5.13. The molecule has 8 heteroatoms. The summed E-state index contributed by atoms with van der Waals surface area (Å²) < 4.78 is 11.0. The van der Waals surface area contributed by atoms with Crippen molar-refractivity contribution in [1.29, 1.82) is 0 Å². The first-order valence-corrected chi connectivity index (χ1v) is 9.37. The van der Waals surface area contributed by atoms with Crippen molar-refractivity contribution in [3.63, 3.8) is 0 Å². The molecule has 2 aromatic heterocycles. The van der Waals surface area contributed by atoms with Gasteiger partial charge in [-0.05, 0) is 30.5 Å². The molecule has 0 radical (unpaired) electrons. The number of hydrogen-bond donors (Lipinski definition) is 1. The first-order valence-electron chi connectivity index (χ1n) is 7.61. The molecule has 130 valence electrons. The van der Waals surface area contributed by atoms with Gasteiger partial charge in [-0.3, -0.25) is 4.79 Å². The van der Waals surface area contributed by atoms with Crippen molar-refractivity contribution in [2.45, 2.75) is 23.9 Å². The highest BCUT2D eigenvalue weighted by Gasteiger charge is 2.19. The van der Waals surface area contributed by atoms with Gasteiger partial charge in [-0.15, -0.1) is 21.5 Å². The Kier molecular flexibility index (Phi) is 5.72. The van der Waals surface area contributed by atoms with Crippen LogP contribution >= 0.6 is 23.1 Å². The van der Waals surface area contributed by atoms with Gasteiger partial charge in [0.15, 0.2) is 0 Å². The highest BCUT2D eigenvalue weighted by atomic mass is 32.2. The van der Waals surface area contributed by atoms with Crippen molar-refractivity contribution in [3.8, 4) is 17.2 Å². The number of carbonyl (C=O) groups is 1. The maximum atomic E-state index is 12.2. The predicted octanol–water partition coefficient (Wildman–Crippen LogP) is 3.60. The minimum Gasteiger partial charge on any atom is -0.496 e. The molecule has 1 amide bonds. The third kappa shape index (κ3) is 4.40. The maximum absolute atomic E-state index is 12.2. The summed E-state index contributed by atoms with van der Waals surface area (Å²) >= 11 is 2.84. The normalized spacial score (nSPS) is 11.9. The zero-order valence-electron chi connectivity index (χ0n) is 13.8. The average Bonchev–Trinajstić information content (AvgIpc) is 3.31. The molecule has 0 bridgehead atoms. The smallest absolute Gasteiger partial charge is 0.277 e. The molecule has 1 unspecified atom stereocenters. The molecule has 0 fully saturated rings. The first kappa shape index (κ1) is 17.5. The zero-order chi connectivity index (χ0) is 17.6. The minimum absolute atomic E-state index is 0.0737. The van der Waals surface area contributed by atoms with Crippen molar-refractivity contribution in [1.82, 2.24) is 15.5 Å². The molecule has 1 atom stereocenters. The third-order valence-electron chi connectivity index (χ3n) is 3.41. The standard InChI is InChI=1S/C17H17N3O3S2/c1-11(15(21)18-10-12-6-5-9-24-12)25-17-20-19-16(23-17)13-7-3-4-8-14(13)22-2/h3-9,11H,10H2,1-2H3,(H,18,21). The van der Waals surface area contributed by atoms with E-state index in [1.807, 2.05) is 41.8 Å². The van der Waals surface area contributed by atoms with Crippen molar-refractivity contribution in [2.24, 2.45) is 0 Å². The van der Waals surface area contributed by atoms with E-state index in [1.54, 1.807) is 25.4 Å². The van der Waals surface area contributed by atoms with Gasteiger partial charge in [-0.25, -0.2) is 0 Å². The van der Waals surface area contributed by atoms with Gasteiger partial charge in [0.05, 0.1) is 24.5 Å². The van der Waals surface area contributed by atoms with Crippen LogP contribution in [0.4, 0.5) is 0 Å². The molecule has 1 N–H and O–H groups in total. The van der Waals surface area contributed by atoms with Crippen LogP contribution < -0.4 is 10.1 Å². The molecule has 0 spiro atoms. The van der Waals surface area contributed by atoms with Crippen LogP contribution in [0.5, 0.6) is 5.75 Å². The van der Waals surface area contributed by atoms with Gasteiger partial charge in [0, 0.05) is 4.88 Å². The molecule has 25 heavy (non-hydrogen) atoms. The third-order valence-corrected chi connectivity index (χ3v) is 5.22. The summed E-state index contributed by atoms with van der Waals surface area (Å²) in [7, 11) is 1.59. The molecule has 2 heterocycles. The largest absolute Gasteiger partial charge is 0.496 e. The van der Waals surface area contributed by atoms with Crippen LogP contribution in [-0.4, -0.2) is 28.5 Å². The number of carbonyl (C=O) groups excluding carboxylic acids is 1. The lowest BCUT2D eigenvalue weighted by atomic mass is 10.2. The molecule has 0 aliphatic rings. The molecule has 3 aromatic rings. The molecule has 0 saturated carbocycles. The Hall–Kier alpha value is -2.32. The van der Waals surface area contributed by atoms with E-state index in [0.717, 1.165) is 10.4 Å². The van der Waals surface area contributed by atoms with E-state index in [0.29, 0.717) is 23.4 Å². The van der Waals surface area contributed by atoms with E-state index in [-0.39, 0.29) is 11.2 Å². The molecule has 0 aliphatic heterocycles. The van der Waals surface area contributed by atoms with Crippen LogP contribution in [0.2, 0.25) is 0 Å². The Morgan fingerprint density at radius 1 is 1.32 bits per heavy atom. The number of rotatable bonds is 7. The van der Waals surface area contributed by atoms with Gasteiger partial charge >= 0.3 is 0 Å². The number of thiophene rings is 1. The van der Waals surface area contributed by atoms with Crippen LogP contribution in [0.3, 0.4) is 0 Å². The van der Waals surface area contributed by atoms with Crippen LogP contribution in [0.25, 0.3) is 11.5 Å². The SMILES string of the molecule is COc1ccccc1-c1nnc(SC(C)C(=O)NCc2cccs2)o1. The Morgan fingerprint density at radius 2 is 2.16 bits per heavy atom. The Bertz CT molecular complexity index is 833. The fraction of sp³-hybridized carbons (Fsp3) is 0.235. The zero-order valence-corrected chi connectivity index (χ0v) is 15.4. The van der Waals surface area contributed by atoms with Crippen LogP contribution in [0, 0.1) is 0 Å². The van der Waals surface area contributed by atoms with Gasteiger partial charge in [-0.2, -0.15) is 0 Å². The van der Waals surface area contributed by atoms with Gasteiger partial charge in [0.1, 0.15) is 5.75 Å². The second kappa shape index (κ2) is 8.17. The van der Waals surface area contributed by atoms with Crippen molar-refractivity contribution < 1.29 is 13.9 Å². The Balaban J connectivity index is 1.61. The number of methoxy groups -OCH3 is 1. The monoisotopic (exact) mass is 375 g/mol. The fourth-order valence-corrected chi connectivity index (χ4v) is 3.48. The molecular formula is C17H17N3O3S2. The number of aromatic nitrogens is 2. The van der Waals surface area contributed by atoms with Crippen molar-refractivity contribution >= 4 is 29.0 Å². The van der Waals surface area contributed by atoms with E-state index in [4.69, 9.17) is 9.15 Å². The van der Waals surface area contributed by atoms with Crippen molar-refractivity contribution in [3.05, 3.63) is 46.7 Å². The summed E-state index contributed by atoms with van der Waals surface area (Å²) in [6.45, 7) is 2.33.